The molecule has 0 spiro atoms. The van der Waals surface area contributed by atoms with E-state index < -0.39 is 11.6 Å². The lowest BCUT2D eigenvalue weighted by Crippen LogP contribution is -2.49. The average molecular weight is 296 g/mol. The molecule has 0 bridgehead atoms. The van der Waals surface area contributed by atoms with Crippen molar-refractivity contribution in [1.29, 1.82) is 0 Å². The fourth-order valence-electron chi connectivity index (χ4n) is 3.03. The molecular weight excluding hydrogens is 274 g/mol. The van der Waals surface area contributed by atoms with Crippen molar-refractivity contribution in [1.82, 2.24) is 10.2 Å². The zero-order valence-corrected chi connectivity index (χ0v) is 12.5. The first-order valence-corrected chi connectivity index (χ1v) is 7.50. The molecule has 1 aromatic rings. The molecule has 1 atom stereocenters. The minimum Gasteiger partial charge on any atom is -0.317 e. The van der Waals surface area contributed by atoms with Gasteiger partial charge in [-0.15, -0.1) is 0 Å². The predicted octanol–water partition coefficient (Wildman–Crippen LogP) is 2.61. The summed E-state index contributed by atoms with van der Waals surface area (Å²) in [6.45, 7) is 6.54. The summed E-state index contributed by atoms with van der Waals surface area (Å²) in [5, 5.41) is 3.30. The highest BCUT2D eigenvalue weighted by Crippen LogP contribution is 2.19. The van der Waals surface area contributed by atoms with Crippen molar-refractivity contribution in [3.8, 4) is 0 Å². The van der Waals surface area contributed by atoms with Crippen molar-refractivity contribution in [2.24, 2.45) is 0 Å². The van der Waals surface area contributed by atoms with Gasteiger partial charge in [-0.1, -0.05) is 6.92 Å². The van der Waals surface area contributed by atoms with Crippen LogP contribution in [-0.2, 0) is 0 Å². The van der Waals surface area contributed by atoms with Gasteiger partial charge in [-0.2, -0.15) is 0 Å². The van der Waals surface area contributed by atoms with E-state index in [2.05, 4.69) is 10.2 Å². The van der Waals surface area contributed by atoms with E-state index in [1.807, 2.05) is 13.8 Å². The minimum atomic E-state index is -0.974. The van der Waals surface area contributed by atoms with E-state index in [9.17, 15) is 13.6 Å². The SMILES string of the molecule is CCN(C1CCNCC1)C(C)C(=O)c1ccc(F)c(F)c1. The van der Waals surface area contributed by atoms with Gasteiger partial charge in [0, 0.05) is 11.6 Å². The number of nitrogens with one attached hydrogen (secondary N) is 1. The monoisotopic (exact) mass is 296 g/mol. The lowest BCUT2D eigenvalue weighted by Gasteiger charge is -2.37. The Kier molecular flexibility index (Phi) is 5.42. The van der Waals surface area contributed by atoms with Crippen LogP contribution in [0.2, 0.25) is 0 Å². The van der Waals surface area contributed by atoms with Crippen molar-refractivity contribution in [3.63, 3.8) is 0 Å². The third-order valence-electron chi connectivity index (χ3n) is 4.22. The molecule has 1 aliphatic rings. The van der Waals surface area contributed by atoms with Crippen molar-refractivity contribution in [3.05, 3.63) is 35.4 Å². The van der Waals surface area contributed by atoms with E-state index in [4.69, 9.17) is 0 Å². The Labute approximate surface area is 124 Å². The summed E-state index contributed by atoms with van der Waals surface area (Å²) < 4.78 is 26.3. The molecule has 0 radical (unpaired) electrons. The molecule has 1 fully saturated rings. The first kappa shape index (κ1) is 16.0. The summed E-state index contributed by atoms with van der Waals surface area (Å²) in [4.78, 5) is 14.7. The first-order chi connectivity index (χ1) is 10.0. The maximum atomic E-state index is 13.3. The standard InChI is InChI=1S/C16H22F2N2O/c1-3-20(13-6-8-19-9-7-13)11(2)16(21)12-4-5-14(17)15(18)10-12/h4-5,10-11,13,19H,3,6-9H2,1-2H3. The van der Waals surface area contributed by atoms with Crippen LogP contribution in [0.15, 0.2) is 18.2 Å². The van der Waals surface area contributed by atoms with Gasteiger partial charge in [0.25, 0.3) is 0 Å². The fourth-order valence-corrected chi connectivity index (χ4v) is 3.03. The van der Waals surface area contributed by atoms with Crippen LogP contribution in [0.5, 0.6) is 0 Å². The van der Waals surface area contributed by atoms with Gasteiger partial charge in [0.1, 0.15) is 0 Å². The summed E-state index contributed by atoms with van der Waals surface area (Å²) in [5.41, 5.74) is 0.230. The van der Waals surface area contributed by atoms with Crippen molar-refractivity contribution in [2.45, 2.75) is 38.8 Å². The maximum Gasteiger partial charge on any atom is 0.179 e. The Hall–Kier alpha value is -1.33. The second-order valence-electron chi connectivity index (χ2n) is 5.48. The normalized spacial score (nSPS) is 18.0. The number of carbonyl (C=O) groups is 1. The second-order valence-corrected chi connectivity index (χ2v) is 5.48. The summed E-state index contributed by atoms with van der Waals surface area (Å²) in [6, 6.07) is 3.39. The van der Waals surface area contributed by atoms with Crippen molar-refractivity contribution < 1.29 is 13.6 Å². The number of halogens is 2. The molecule has 3 nitrogen and oxygen atoms in total. The topological polar surface area (TPSA) is 32.3 Å². The predicted molar refractivity (Wildman–Crippen MR) is 78.4 cm³/mol. The third kappa shape index (κ3) is 3.66. The number of hydrogen-bond donors (Lipinski definition) is 1. The number of ketones is 1. The highest BCUT2D eigenvalue weighted by molar-refractivity contribution is 5.99. The molecule has 1 aromatic carbocycles. The fraction of sp³-hybridized carbons (Fsp3) is 0.562. The number of nitrogens with zero attached hydrogens (tertiary/aromatic N) is 1. The highest BCUT2D eigenvalue weighted by Gasteiger charge is 2.28. The molecule has 5 heteroatoms. The second kappa shape index (κ2) is 7.09. The number of hydrogen-bond acceptors (Lipinski definition) is 3. The van der Waals surface area contributed by atoms with Gasteiger partial charge in [0.05, 0.1) is 6.04 Å². The van der Waals surface area contributed by atoms with Crippen LogP contribution in [0.1, 0.15) is 37.0 Å². The molecule has 1 heterocycles. The van der Waals surface area contributed by atoms with E-state index in [-0.39, 0.29) is 17.4 Å². The molecule has 0 saturated carbocycles. The maximum absolute atomic E-state index is 13.3. The van der Waals surface area contributed by atoms with E-state index in [0.717, 1.165) is 44.6 Å². The largest absolute Gasteiger partial charge is 0.317 e. The summed E-state index contributed by atoms with van der Waals surface area (Å²) >= 11 is 0. The molecule has 0 aliphatic carbocycles. The molecule has 2 rings (SSSR count). The lowest BCUT2D eigenvalue weighted by atomic mass is 9.98. The zero-order valence-electron chi connectivity index (χ0n) is 12.5. The molecule has 1 saturated heterocycles. The number of benzene rings is 1. The van der Waals surface area contributed by atoms with Crippen LogP contribution in [-0.4, -0.2) is 42.4 Å². The minimum absolute atomic E-state index is 0.158. The smallest absolute Gasteiger partial charge is 0.179 e. The van der Waals surface area contributed by atoms with Crippen LogP contribution in [0, 0.1) is 11.6 Å². The quantitative estimate of drug-likeness (QED) is 0.848. The zero-order chi connectivity index (χ0) is 15.4. The Morgan fingerprint density at radius 3 is 2.57 bits per heavy atom. The molecule has 116 valence electrons. The van der Waals surface area contributed by atoms with Crippen molar-refractivity contribution >= 4 is 5.78 Å². The lowest BCUT2D eigenvalue weighted by molar-refractivity contribution is 0.0728. The van der Waals surface area contributed by atoms with Gasteiger partial charge in [0.2, 0.25) is 0 Å². The van der Waals surface area contributed by atoms with Gasteiger partial charge in [-0.25, -0.2) is 8.78 Å². The third-order valence-corrected chi connectivity index (χ3v) is 4.22. The number of piperidine rings is 1. The number of carbonyl (C=O) groups excluding carboxylic acids is 1. The summed E-state index contributed by atoms with van der Waals surface area (Å²) in [5.74, 6) is -2.06. The molecule has 1 unspecified atom stereocenters. The van der Waals surface area contributed by atoms with Gasteiger partial charge < -0.3 is 5.32 Å². The van der Waals surface area contributed by atoms with Crippen LogP contribution >= 0.6 is 0 Å². The molecule has 0 aromatic heterocycles. The highest BCUT2D eigenvalue weighted by atomic mass is 19.2. The summed E-state index contributed by atoms with van der Waals surface area (Å²) in [7, 11) is 0. The number of likely N-dealkylation sites (N-methyl/N-ethyl adjacent to an activating group) is 1. The van der Waals surface area contributed by atoms with Crippen LogP contribution in [0.3, 0.4) is 0 Å². The average Bonchev–Trinajstić information content (AvgIpc) is 2.51. The van der Waals surface area contributed by atoms with Gasteiger partial charge in [-0.05, 0) is 57.6 Å². The molecule has 1 aliphatic heterocycles. The van der Waals surface area contributed by atoms with Crippen LogP contribution < -0.4 is 5.32 Å². The Morgan fingerprint density at radius 2 is 2.00 bits per heavy atom. The van der Waals surface area contributed by atoms with Crippen molar-refractivity contribution in [2.75, 3.05) is 19.6 Å². The first-order valence-electron chi connectivity index (χ1n) is 7.50. The molecular formula is C16H22F2N2O. The van der Waals surface area contributed by atoms with E-state index >= 15 is 0 Å². The Bertz CT molecular complexity index is 501. The van der Waals surface area contributed by atoms with E-state index in [1.165, 1.54) is 6.07 Å². The van der Waals surface area contributed by atoms with Gasteiger partial charge >= 0.3 is 0 Å². The number of rotatable bonds is 5. The van der Waals surface area contributed by atoms with Gasteiger partial charge in [-0.3, -0.25) is 9.69 Å². The Morgan fingerprint density at radius 1 is 1.33 bits per heavy atom. The van der Waals surface area contributed by atoms with Crippen LogP contribution in [0.4, 0.5) is 8.78 Å². The van der Waals surface area contributed by atoms with E-state index in [1.54, 1.807) is 0 Å². The molecule has 21 heavy (non-hydrogen) atoms. The Balaban J connectivity index is 2.13. The molecule has 1 N–H and O–H groups in total. The van der Waals surface area contributed by atoms with Crippen LogP contribution in [0.25, 0.3) is 0 Å². The number of Topliss-reactive ketones (excluding diaryl/α,β-unsaturated/α-hetero) is 1. The molecule has 0 amide bonds. The van der Waals surface area contributed by atoms with E-state index in [0.29, 0.717) is 6.04 Å². The van der Waals surface area contributed by atoms with Gasteiger partial charge in [0.15, 0.2) is 17.4 Å². The summed E-state index contributed by atoms with van der Waals surface area (Å²) in [6.07, 6.45) is 2.01.